The number of rotatable bonds is 5. The predicted octanol–water partition coefficient (Wildman–Crippen LogP) is 2.58. The van der Waals surface area contributed by atoms with Gasteiger partial charge in [-0.1, -0.05) is 38.1 Å². The molecule has 0 radical (unpaired) electrons. The Balaban J connectivity index is 1.94. The van der Waals surface area contributed by atoms with E-state index in [0.717, 1.165) is 25.9 Å². The van der Waals surface area contributed by atoms with Gasteiger partial charge in [0.25, 0.3) is 0 Å². The molecule has 0 bridgehead atoms. The number of nitrogens with two attached hydrogens (primary N) is 1. The summed E-state index contributed by atoms with van der Waals surface area (Å²) in [5, 5.41) is 0. The first-order chi connectivity index (χ1) is 9.60. The van der Waals surface area contributed by atoms with Crippen LogP contribution in [-0.2, 0) is 17.8 Å². The molecule has 1 amide bonds. The lowest BCUT2D eigenvalue weighted by atomic mass is 9.93. The molecule has 0 saturated carbocycles. The van der Waals surface area contributed by atoms with Crippen molar-refractivity contribution in [3.8, 4) is 0 Å². The molecule has 1 aromatic carbocycles. The molecule has 3 nitrogen and oxygen atoms in total. The molecule has 3 heteroatoms. The van der Waals surface area contributed by atoms with Crippen molar-refractivity contribution >= 4 is 5.91 Å². The molecule has 1 aromatic rings. The molecule has 20 heavy (non-hydrogen) atoms. The fourth-order valence-electron chi connectivity index (χ4n) is 3.01. The van der Waals surface area contributed by atoms with E-state index < -0.39 is 0 Å². The Morgan fingerprint density at radius 2 is 2.00 bits per heavy atom. The van der Waals surface area contributed by atoms with Crippen molar-refractivity contribution in [2.24, 2.45) is 17.6 Å². The van der Waals surface area contributed by atoms with Crippen LogP contribution in [0.3, 0.4) is 0 Å². The van der Waals surface area contributed by atoms with E-state index in [1.807, 2.05) is 11.0 Å². The molecule has 0 saturated heterocycles. The molecule has 0 unspecified atom stereocenters. The summed E-state index contributed by atoms with van der Waals surface area (Å²) >= 11 is 0. The van der Waals surface area contributed by atoms with Crippen LogP contribution in [0.25, 0.3) is 0 Å². The van der Waals surface area contributed by atoms with Crippen molar-refractivity contribution in [2.45, 2.75) is 39.7 Å². The molecular formula is C17H26N2O. The lowest BCUT2D eigenvalue weighted by Gasteiger charge is -2.30. The number of hydrogen-bond donors (Lipinski definition) is 1. The van der Waals surface area contributed by atoms with E-state index in [1.54, 1.807) is 0 Å². The Morgan fingerprint density at radius 3 is 2.65 bits per heavy atom. The summed E-state index contributed by atoms with van der Waals surface area (Å²) in [6.45, 7) is 6.58. The van der Waals surface area contributed by atoms with Gasteiger partial charge in [0.2, 0.25) is 5.91 Å². The summed E-state index contributed by atoms with van der Waals surface area (Å²) in [5.74, 6) is 1.17. The van der Waals surface area contributed by atoms with Crippen LogP contribution in [-0.4, -0.2) is 23.9 Å². The molecule has 2 rings (SSSR count). The highest BCUT2D eigenvalue weighted by molar-refractivity contribution is 5.76. The number of amides is 1. The maximum absolute atomic E-state index is 12.4. The van der Waals surface area contributed by atoms with Crippen molar-refractivity contribution in [2.75, 3.05) is 13.1 Å². The van der Waals surface area contributed by atoms with Crippen LogP contribution in [0.2, 0.25) is 0 Å². The van der Waals surface area contributed by atoms with Crippen molar-refractivity contribution < 1.29 is 4.79 Å². The number of fused-ring (bicyclic) bond motifs is 1. The Morgan fingerprint density at radius 1 is 1.30 bits per heavy atom. The third-order valence-electron chi connectivity index (χ3n) is 4.08. The Kier molecular flexibility index (Phi) is 5.18. The van der Waals surface area contributed by atoms with Crippen LogP contribution in [0, 0.1) is 11.8 Å². The number of carbonyl (C=O) groups excluding carboxylic acids is 1. The quantitative estimate of drug-likeness (QED) is 0.897. The summed E-state index contributed by atoms with van der Waals surface area (Å²) in [4.78, 5) is 14.4. The van der Waals surface area contributed by atoms with E-state index in [-0.39, 0.29) is 5.91 Å². The van der Waals surface area contributed by atoms with E-state index in [4.69, 9.17) is 5.73 Å². The lowest BCUT2D eigenvalue weighted by Crippen LogP contribution is -2.37. The van der Waals surface area contributed by atoms with Gasteiger partial charge in [-0.3, -0.25) is 4.79 Å². The minimum absolute atomic E-state index is 0.260. The minimum Gasteiger partial charge on any atom is -0.338 e. The summed E-state index contributed by atoms with van der Waals surface area (Å²) in [6, 6.07) is 8.42. The highest BCUT2D eigenvalue weighted by atomic mass is 16.2. The van der Waals surface area contributed by atoms with Gasteiger partial charge < -0.3 is 10.6 Å². The second kappa shape index (κ2) is 6.89. The molecule has 0 aliphatic carbocycles. The highest BCUT2D eigenvalue weighted by Crippen LogP contribution is 2.21. The third-order valence-corrected chi connectivity index (χ3v) is 4.08. The van der Waals surface area contributed by atoms with Gasteiger partial charge in [-0.25, -0.2) is 0 Å². The van der Waals surface area contributed by atoms with Gasteiger partial charge in [0.1, 0.15) is 0 Å². The maximum atomic E-state index is 12.4. The fourth-order valence-corrected chi connectivity index (χ4v) is 3.01. The summed E-state index contributed by atoms with van der Waals surface area (Å²) in [6.07, 6.45) is 2.60. The molecule has 0 spiro atoms. The van der Waals surface area contributed by atoms with E-state index in [2.05, 4.69) is 32.0 Å². The van der Waals surface area contributed by atoms with Crippen LogP contribution in [0.4, 0.5) is 0 Å². The van der Waals surface area contributed by atoms with Gasteiger partial charge in [0, 0.05) is 19.5 Å². The molecule has 1 heterocycles. The van der Waals surface area contributed by atoms with E-state index >= 15 is 0 Å². The first kappa shape index (κ1) is 15.0. The van der Waals surface area contributed by atoms with E-state index in [9.17, 15) is 4.79 Å². The zero-order valence-corrected chi connectivity index (χ0v) is 12.6. The van der Waals surface area contributed by atoms with Gasteiger partial charge in [-0.2, -0.15) is 0 Å². The van der Waals surface area contributed by atoms with Crippen LogP contribution < -0.4 is 5.73 Å². The SMILES string of the molecule is CC(C)C[C@H](CN)CC(=O)N1CCc2ccccc2C1. The monoisotopic (exact) mass is 274 g/mol. The lowest BCUT2D eigenvalue weighted by molar-refractivity contribution is -0.133. The second-order valence-electron chi connectivity index (χ2n) is 6.27. The zero-order chi connectivity index (χ0) is 14.5. The molecule has 2 N–H and O–H groups in total. The first-order valence-electron chi connectivity index (χ1n) is 7.64. The number of hydrogen-bond acceptors (Lipinski definition) is 2. The van der Waals surface area contributed by atoms with Gasteiger partial charge in [0.15, 0.2) is 0 Å². The Hall–Kier alpha value is -1.35. The van der Waals surface area contributed by atoms with Gasteiger partial charge in [-0.05, 0) is 42.3 Å². The molecule has 0 fully saturated rings. The van der Waals surface area contributed by atoms with Gasteiger partial charge >= 0.3 is 0 Å². The molecule has 1 aliphatic rings. The molecule has 0 aromatic heterocycles. The maximum Gasteiger partial charge on any atom is 0.223 e. The number of benzene rings is 1. The fraction of sp³-hybridized carbons (Fsp3) is 0.588. The summed E-state index contributed by atoms with van der Waals surface area (Å²) in [7, 11) is 0. The number of carbonyl (C=O) groups is 1. The van der Waals surface area contributed by atoms with E-state index in [0.29, 0.717) is 24.8 Å². The average molecular weight is 274 g/mol. The summed E-state index contributed by atoms with van der Waals surface area (Å²) in [5.41, 5.74) is 8.48. The third kappa shape index (κ3) is 3.83. The Labute approximate surface area is 122 Å². The van der Waals surface area contributed by atoms with Crippen molar-refractivity contribution in [1.29, 1.82) is 0 Å². The van der Waals surface area contributed by atoms with Gasteiger partial charge in [0.05, 0.1) is 0 Å². The molecule has 1 aliphatic heterocycles. The zero-order valence-electron chi connectivity index (χ0n) is 12.6. The first-order valence-corrected chi connectivity index (χ1v) is 7.64. The molecule has 110 valence electrons. The topological polar surface area (TPSA) is 46.3 Å². The Bertz CT molecular complexity index is 456. The van der Waals surface area contributed by atoms with Crippen molar-refractivity contribution in [3.05, 3.63) is 35.4 Å². The van der Waals surface area contributed by atoms with Crippen molar-refractivity contribution in [1.82, 2.24) is 4.90 Å². The van der Waals surface area contributed by atoms with Crippen LogP contribution >= 0.6 is 0 Å². The van der Waals surface area contributed by atoms with Crippen LogP contribution in [0.5, 0.6) is 0 Å². The highest BCUT2D eigenvalue weighted by Gasteiger charge is 2.22. The smallest absolute Gasteiger partial charge is 0.223 e. The van der Waals surface area contributed by atoms with E-state index in [1.165, 1.54) is 11.1 Å². The van der Waals surface area contributed by atoms with Crippen molar-refractivity contribution in [3.63, 3.8) is 0 Å². The largest absolute Gasteiger partial charge is 0.338 e. The number of nitrogens with zero attached hydrogens (tertiary/aromatic N) is 1. The minimum atomic E-state index is 0.260. The average Bonchev–Trinajstić information content (AvgIpc) is 2.45. The standard InChI is InChI=1S/C17H26N2O/c1-13(2)9-14(11-18)10-17(20)19-8-7-15-5-3-4-6-16(15)12-19/h3-6,13-14H,7-12,18H2,1-2H3/t14-/m0/s1. The molecule has 1 atom stereocenters. The van der Waals surface area contributed by atoms with Gasteiger partial charge in [-0.15, -0.1) is 0 Å². The normalized spacial score (nSPS) is 16.1. The van der Waals surface area contributed by atoms with Crippen LogP contribution in [0.15, 0.2) is 24.3 Å². The molecular weight excluding hydrogens is 248 g/mol. The predicted molar refractivity (Wildman–Crippen MR) is 82.2 cm³/mol. The second-order valence-corrected chi connectivity index (χ2v) is 6.27. The van der Waals surface area contributed by atoms with Crippen LogP contribution in [0.1, 0.15) is 37.8 Å². The summed E-state index contributed by atoms with van der Waals surface area (Å²) < 4.78 is 0.